The van der Waals surface area contributed by atoms with Gasteiger partial charge in [0, 0.05) is 6.07 Å². The van der Waals surface area contributed by atoms with Gasteiger partial charge in [0.05, 0.1) is 4.90 Å². The topological polar surface area (TPSA) is 86.7 Å². The Morgan fingerprint density at radius 1 is 1.08 bits per heavy atom. The molecule has 0 unspecified atom stereocenters. The summed E-state index contributed by atoms with van der Waals surface area (Å²) < 4.78 is 37.3. The number of para-hydroxylation sites is 1. The van der Waals surface area contributed by atoms with Gasteiger partial charge in [-0.1, -0.05) is 56.2 Å². The molecule has 0 aliphatic rings. The summed E-state index contributed by atoms with van der Waals surface area (Å²) in [5.41, 5.74) is 1.02. The van der Waals surface area contributed by atoms with Crippen molar-refractivity contribution in [3.8, 4) is 17.2 Å². The fourth-order valence-corrected chi connectivity index (χ4v) is 3.02. The van der Waals surface area contributed by atoms with E-state index in [1.165, 1.54) is 12.5 Å². The Labute approximate surface area is 171 Å². The molecule has 2 aromatic rings. The molecule has 2 aromatic carbocycles. The SMILES string of the molecule is CCCCCCc1ccccc1Oc1ccc([O-])c(S(=O)(=O)O)c1.[Na+]. The monoisotopic (exact) mass is 372 g/mol. The largest absolute Gasteiger partial charge is 1.00 e. The van der Waals surface area contributed by atoms with Crippen LogP contribution in [0, 0.1) is 0 Å². The second-order valence-corrected chi connectivity index (χ2v) is 6.99. The van der Waals surface area contributed by atoms with Crippen LogP contribution in [0.4, 0.5) is 0 Å². The molecule has 0 aliphatic carbocycles. The van der Waals surface area contributed by atoms with Crippen molar-refractivity contribution in [2.75, 3.05) is 0 Å². The zero-order valence-corrected chi connectivity index (χ0v) is 17.4. The number of ether oxygens (including phenoxy) is 1. The minimum absolute atomic E-state index is 0. The first-order valence-corrected chi connectivity index (χ1v) is 9.40. The van der Waals surface area contributed by atoms with Crippen LogP contribution in [0.2, 0.25) is 0 Å². The summed E-state index contributed by atoms with van der Waals surface area (Å²) >= 11 is 0. The van der Waals surface area contributed by atoms with Gasteiger partial charge in [-0.25, -0.2) is 0 Å². The van der Waals surface area contributed by atoms with Crippen molar-refractivity contribution in [3.05, 3.63) is 48.0 Å². The van der Waals surface area contributed by atoms with Gasteiger partial charge in [0.2, 0.25) is 0 Å². The van der Waals surface area contributed by atoms with Crippen LogP contribution >= 0.6 is 0 Å². The molecule has 0 aromatic heterocycles. The maximum Gasteiger partial charge on any atom is 1.00 e. The molecule has 0 amide bonds. The Morgan fingerprint density at radius 2 is 1.80 bits per heavy atom. The van der Waals surface area contributed by atoms with Gasteiger partial charge in [-0.3, -0.25) is 4.55 Å². The van der Waals surface area contributed by atoms with Crippen LogP contribution in [0.25, 0.3) is 0 Å². The van der Waals surface area contributed by atoms with E-state index in [-0.39, 0.29) is 35.3 Å². The van der Waals surface area contributed by atoms with E-state index < -0.39 is 20.8 Å². The number of rotatable bonds is 8. The smallest absolute Gasteiger partial charge is 0.872 e. The minimum atomic E-state index is -4.57. The molecular weight excluding hydrogens is 351 g/mol. The average Bonchev–Trinajstić information content (AvgIpc) is 2.54. The van der Waals surface area contributed by atoms with E-state index in [0.29, 0.717) is 5.75 Å². The summed E-state index contributed by atoms with van der Waals surface area (Å²) in [6, 6.07) is 11.0. The van der Waals surface area contributed by atoms with Crippen molar-refractivity contribution in [2.45, 2.75) is 43.9 Å². The second kappa shape index (κ2) is 10.2. The molecule has 0 fully saturated rings. The normalized spacial score (nSPS) is 11.0. The molecule has 0 saturated carbocycles. The van der Waals surface area contributed by atoms with Gasteiger partial charge < -0.3 is 9.84 Å². The first kappa shape index (κ1) is 22.0. The van der Waals surface area contributed by atoms with E-state index in [0.717, 1.165) is 43.4 Å². The van der Waals surface area contributed by atoms with E-state index in [4.69, 9.17) is 9.29 Å². The first-order valence-electron chi connectivity index (χ1n) is 7.96. The standard InChI is InChI=1S/C18H22O5S.Na/c1-2-3-4-5-8-14-9-6-7-10-17(14)23-15-11-12-16(19)18(13-15)24(20,21)22;/h6-7,9-13,19H,2-5,8H2,1H3,(H,20,21,22);/q;+1/p-1. The first-order chi connectivity index (χ1) is 11.4. The quantitative estimate of drug-likeness (QED) is 0.423. The number of unbranched alkanes of at least 4 members (excludes halogenated alkanes) is 3. The van der Waals surface area contributed by atoms with Crippen LogP contribution in [0.1, 0.15) is 38.2 Å². The Kier molecular flexibility index (Phi) is 8.96. The summed E-state index contributed by atoms with van der Waals surface area (Å²) in [7, 11) is -4.57. The number of hydrogen-bond donors (Lipinski definition) is 1. The number of hydrogen-bond acceptors (Lipinski definition) is 4. The molecule has 1 N–H and O–H groups in total. The van der Waals surface area contributed by atoms with Crippen molar-refractivity contribution < 1.29 is 52.4 Å². The molecule has 0 spiro atoms. The fraction of sp³-hybridized carbons (Fsp3) is 0.333. The van der Waals surface area contributed by atoms with Crippen LogP contribution in [-0.2, 0) is 16.5 Å². The third-order valence-corrected chi connectivity index (χ3v) is 4.57. The number of aryl methyl sites for hydroxylation is 1. The maximum atomic E-state index is 11.5. The molecule has 0 saturated heterocycles. The summed E-state index contributed by atoms with van der Waals surface area (Å²) in [6.45, 7) is 2.16. The van der Waals surface area contributed by atoms with Crippen molar-refractivity contribution in [3.63, 3.8) is 0 Å². The van der Waals surface area contributed by atoms with Gasteiger partial charge in [0.1, 0.15) is 11.5 Å². The zero-order chi connectivity index (χ0) is 17.6. The third-order valence-electron chi connectivity index (χ3n) is 3.69. The van der Waals surface area contributed by atoms with Crippen molar-refractivity contribution in [1.82, 2.24) is 0 Å². The van der Waals surface area contributed by atoms with E-state index in [1.54, 1.807) is 6.07 Å². The molecule has 0 bridgehead atoms. The fourth-order valence-electron chi connectivity index (χ4n) is 2.43. The predicted molar refractivity (Wildman–Crippen MR) is 90.1 cm³/mol. The molecular formula is C18H21NaO5S. The molecule has 0 aliphatic heterocycles. The van der Waals surface area contributed by atoms with Crippen molar-refractivity contribution >= 4 is 10.1 Å². The van der Waals surface area contributed by atoms with Crippen molar-refractivity contribution in [1.29, 1.82) is 0 Å². The van der Waals surface area contributed by atoms with Crippen LogP contribution in [0.15, 0.2) is 47.4 Å². The summed E-state index contributed by atoms with van der Waals surface area (Å²) in [5.74, 6) is 0.0508. The zero-order valence-electron chi connectivity index (χ0n) is 14.6. The van der Waals surface area contributed by atoms with Gasteiger partial charge in [-0.05, 0) is 30.5 Å². The van der Waals surface area contributed by atoms with E-state index in [2.05, 4.69) is 6.92 Å². The third kappa shape index (κ3) is 6.64. The minimum Gasteiger partial charge on any atom is -0.872 e. The van der Waals surface area contributed by atoms with E-state index in [9.17, 15) is 13.5 Å². The van der Waals surface area contributed by atoms with Gasteiger partial charge >= 0.3 is 29.6 Å². The van der Waals surface area contributed by atoms with Gasteiger partial charge in [-0.2, -0.15) is 8.42 Å². The molecule has 0 heterocycles. The molecule has 7 heteroatoms. The summed E-state index contributed by atoms with van der Waals surface area (Å²) in [6.07, 6.45) is 5.40. The van der Waals surface area contributed by atoms with E-state index >= 15 is 0 Å². The maximum absolute atomic E-state index is 11.5. The summed E-state index contributed by atoms with van der Waals surface area (Å²) in [4.78, 5) is -0.680. The van der Waals surface area contributed by atoms with Crippen LogP contribution < -0.4 is 39.4 Å². The van der Waals surface area contributed by atoms with Crippen LogP contribution in [0.3, 0.4) is 0 Å². The Hall–Kier alpha value is -1.05. The summed E-state index contributed by atoms with van der Waals surface area (Å²) in [5, 5.41) is 11.5. The van der Waals surface area contributed by atoms with Crippen molar-refractivity contribution in [2.24, 2.45) is 0 Å². The van der Waals surface area contributed by atoms with Gasteiger partial charge in [0.25, 0.3) is 10.1 Å². The molecule has 2 rings (SSSR count). The second-order valence-electron chi connectivity index (χ2n) is 5.60. The Morgan fingerprint density at radius 3 is 2.48 bits per heavy atom. The van der Waals surface area contributed by atoms with Gasteiger partial charge in [0.15, 0.2) is 0 Å². The Bertz CT molecular complexity index is 790. The van der Waals surface area contributed by atoms with Gasteiger partial charge in [-0.15, -0.1) is 0 Å². The van der Waals surface area contributed by atoms with Crippen LogP contribution in [0.5, 0.6) is 17.2 Å². The molecule has 0 radical (unpaired) electrons. The molecule has 130 valence electrons. The Balaban J connectivity index is 0.00000312. The molecule has 25 heavy (non-hydrogen) atoms. The van der Waals surface area contributed by atoms with Crippen LogP contribution in [-0.4, -0.2) is 13.0 Å². The number of benzene rings is 2. The average molecular weight is 372 g/mol. The van der Waals surface area contributed by atoms with E-state index in [1.807, 2.05) is 18.2 Å². The molecule has 5 nitrogen and oxygen atoms in total. The predicted octanol–water partition coefficient (Wildman–Crippen LogP) is 0.926. The molecule has 0 atom stereocenters.